The van der Waals surface area contributed by atoms with Gasteiger partial charge in [-0.1, -0.05) is 18.7 Å². The van der Waals surface area contributed by atoms with Gasteiger partial charge in [0.2, 0.25) is 0 Å². The molecule has 96 valence electrons. The molecule has 0 spiro atoms. The third kappa shape index (κ3) is 5.65. The molecule has 0 aliphatic carbocycles. The first-order valence-corrected chi connectivity index (χ1v) is 7.24. The van der Waals surface area contributed by atoms with Crippen molar-refractivity contribution >= 4 is 15.8 Å². The van der Waals surface area contributed by atoms with Crippen molar-refractivity contribution in [1.29, 1.82) is 0 Å². The van der Waals surface area contributed by atoms with Gasteiger partial charge < -0.3 is 4.74 Å². The smallest absolute Gasteiger partial charge is 0.330 e. The highest BCUT2D eigenvalue weighted by Crippen LogP contribution is 2.02. The van der Waals surface area contributed by atoms with Crippen LogP contribution in [-0.4, -0.2) is 57.0 Å². The van der Waals surface area contributed by atoms with E-state index in [4.69, 9.17) is 4.74 Å². The molecule has 0 aromatic heterocycles. The standard InChI is InChI=1S/C11H17NO4S/c1-2-3-4-11(13)16-8-5-12-6-9-17(14,15)10-7-12/h2-4H,1,5-10H2. The highest BCUT2D eigenvalue weighted by Gasteiger charge is 2.21. The van der Waals surface area contributed by atoms with Crippen LogP contribution >= 0.6 is 0 Å². The fourth-order valence-electron chi connectivity index (χ4n) is 1.44. The van der Waals surface area contributed by atoms with Crippen LogP contribution in [0.3, 0.4) is 0 Å². The molecule has 5 nitrogen and oxygen atoms in total. The largest absolute Gasteiger partial charge is 0.461 e. The number of rotatable bonds is 5. The molecule has 0 bridgehead atoms. The fraction of sp³-hybridized carbons (Fsp3) is 0.545. The van der Waals surface area contributed by atoms with E-state index in [-0.39, 0.29) is 18.1 Å². The van der Waals surface area contributed by atoms with E-state index in [0.717, 1.165) is 0 Å². The van der Waals surface area contributed by atoms with Crippen molar-refractivity contribution in [1.82, 2.24) is 4.90 Å². The van der Waals surface area contributed by atoms with Gasteiger partial charge in [-0.25, -0.2) is 13.2 Å². The van der Waals surface area contributed by atoms with Gasteiger partial charge >= 0.3 is 5.97 Å². The fourth-order valence-corrected chi connectivity index (χ4v) is 2.72. The first-order chi connectivity index (χ1) is 8.03. The second kappa shape index (κ2) is 6.56. The highest BCUT2D eigenvalue weighted by atomic mass is 32.2. The number of hydrogen-bond donors (Lipinski definition) is 0. The third-order valence-electron chi connectivity index (χ3n) is 2.46. The summed E-state index contributed by atoms with van der Waals surface area (Å²) in [7, 11) is -2.84. The van der Waals surface area contributed by atoms with Crippen LogP contribution < -0.4 is 0 Å². The quantitative estimate of drug-likeness (QED) is 0.395. The summed E-state index contributed by atoms with van der Waals surface area (Å²) >= 11 is 0. The van der Waals surface area contributed by atoms with Gasteiger partial charge in [-0.15, -0.1) is 0 Å². The van der Waals surface area contributed by atoms with Crippen molar-refractivity contribution in [2.75, 3.05) is 37.7 Å². The molecule has 1 rings (SSSR count). The molecule has 0 amide bonds. The molecule has 0 N–H and O–H groups in total. The Hall–Kier alpha value is -1.14. The minimum absolute atomic E-state index is 0.192. The molecule has 1 aliphatic heterocycles. The normalized spacial score (nSPS) is 20.2. The molecule has 1 saturated heterocycles. The van der Waals surface area contributed by atoms with E-state index in [1.54, 1.807) is 0 Å². The Morgan fingerprint density at radius 3 is 2.59 bits per heavy atom. The van der Waals surface area contributed by atoms with E-state index in [0.29, 0.717) is 19.6 Å². The molecule has 17 heavy (non-hydrogen) atoms. The van der Waals surface area contributed by atoms with Crippen LogP contribution in [0.2, 0.25) is 0 Å². The van der Waals surface area contributed by atoms with Crippen LogP contribution in [0, 0.1) is 0 Å². The summed E-state index contributed by atoms with van der Waals surface area (Å²) in [6.07, 6.45) is 4.31. The Balaban J connectivity index is 2.18. The summed E-state index contributed by atoms with van der Waals surface area (Å²) in [6, 6.07) is 0. The van der Waals surface area contributed by atoms with Gasteiger partial charge in [-0.05, 0) is 0 Å². The van der Waals surface area contributed by atoms with Gasteiger partial charge in [0.05, 0.1) is 11.5 Å². The van der Waals surface area contributed by atoms with Gasteiger partial charge in [-0.2, -0.15) is 0 Å². The molecule has 0 atom stereocenters. The van der Waals surface area contributed by atoms with Crippen LogP contribution in [0.15, 0.2) is 24.8 Å². The monoisotopic (exact) mass is 259 g/mol. The van der Waals surface area contributed by atoms with E-state index in [9.17, 15) is 13.2 Å². The molecule has 0 saturated carbocycles. The van der Waals surface area contributed by atoms with Gasteiger partial charge in [0.25, 0.3) is 0 Å². The summed E-state index contributed by atoms with van der Waals surface area (Å²) in [5.41, 5.74) is 0. The second-order valence-electron chi connectivity index (χ2n) is 3.76. The molecule has 0 unspecified atom stereocenters. The minimum atomic E-state index is -2.84. The number of carbonyl (C=O) groups is 1. The Morgan fingerprint density at radius 1 is 1.35 bits per heavy atom. The predicted octanol–water partition coefficient (Wildman–Crippen LogP) is 0.00220. The maximum atomic E-state index is 11.2. The number of allylic oxidation sites excluding steroid dienone is 2. The van der Waals surface area contributed by atoms with Gasteiger partial charge in [0.1, 0.15) is 6.61 Å². The Bertz CT molecular complexity index is 386. The number of ether oxygens (including phenoxy) is 1. The van der Waals surface area contributed by atoms with Crippen LogP contribution in [-0.2, 0) is 19.4 Å². The minimum Gasteiger partial charge on any atom is -0.461 e. The van der Waals surface area contributed by atoms with Crippen LogP contribution in [0.25, 0.3) is 0 Å². The number of nitrogens with zero attached hydrogens (tertiary/aromatic N) is 1. The van der Waals surface area contributed by atoms with Crippen molar-refractivity contribution in [3.63, 3.8) is 0 Å². The van der Waals surface area contributed by atoms with Crippen LogP contribution in [0.1, 0.15) is 0 Å². The second-order valence-corrected chi connectivity index (χ2v) is 6.06. The van der Waals surface area contributed by atoms with Crippen molar-refractivity contribution < 1.29 is 17.9 Å². The third-order valence-corrected chi connectivity index (χ3v) is 4.07. The van der Waals surface area contributed by atoms with E-state index >= 15 is 0 Å². The average molecular weight is 259 g/mol. The van der Waals surface area contributed by atoms with Crippen molar-refractivity contribution in [3.05, 3.63) is 24.8 Å². The zero-order valence-electron chi connectivity index (χ0n) is 9.67. The SMILES string of the molecule is C=CC=CC(=O)OCCN1CCS(=O)(=O)CC1. The summed E-state index contributed by atoms with van der Waals surface area (Å²) in [5.74, 6) is -0.0243. The van der Waals surface area contributed by atoms with Crippen LogP contribution in [0.5, 0.6) is 0 Å². The molecular formula is C11H17NO4S. The zero-order chi connectivity index (χ0) is 12.7. The maximum Gasteiger partial charge on any atom is 0.330 e. The lowest BCUT2D eigenvalue weighted by Crippen LogP contribution is -2.41. The molecule has 1 aliphatic rings. The summed E-state index contributed by atoms with van der Waals surface area (Å²) < 4.78 is 27.3. The summed E-state index contributed by atoms with van der Waals surface area (Å²) in [6.45, 7) is 5.32. The Labute approximate surface area is 102 Å². The lowest BCUT2D eigenvalue weighted by molar-refractivity contribution is -0.138. The Kier molecular flexibility index (Phi) is 5.37. The number of hydrogen-bond acceptors (Lipinski definition) is 5. The lowest BCUT2D eigenvalue weighted by Gasteiger charge is -2.25. The number of carbonyl (C=O) groups excluding carboxylic acids is 1. The average Bonchev–Trinajstić information content (AvgIpc) is 2.29. The molecule has 1 fully saturated rings. The van der Waals surface area contributed by atoms with Crippen molar-refractivity contribution in [2.24, 2.45) is 0 Å². The Morgan fingerprint density at radius 2 is 2.00 bits per heavy atom. The summed E-state index contributed by atoms with van der Waals surface area (Å²) in [5, 5.41) is 0. The molecular weight excluding hydrogens is 242 g/mol. The maximum absolute atomic E-state index is 11.2. The van der Waals surface area contributed by atoms with E-state index in [2.05, 4.69) is 6.58 Å². The molecule has 0 aromatic carbocycles. The van der Waals surface area contributed by atoms with E-state index in [1.807, 2.05) is 4.90 Å². The predicted molar refractivity (Wildman–Crippen MR) is 65.4 cm³/mol. The van der Waals surface area contributed by atoms with Crippen molar-refractivity contribution in [2.45, 2.75) is 0 Å². The van der Waals surface area contributed by atoms with E-state index in [1.165, 1.54) is 18.2 Å². The zero-order valence-corrected chi connectivity index (χ0v) is 10.5. The van der Waals surface area contributed by atoms with Crippen LogP contribution in [0.4, 0.5) is 0 Å². The van der Waals surface area contributed by atoms with Gasteiger partial charge in [-0.3, -0.25) is 4.90 Å². The first kappa shape index (κ1) is 13.9. The van der Waals surface area contributed by atoms with Crippen molar-refractivity contribution in [3.8, 4) is 0 Å². The topological polar surface area (TPSA) is 63.7 Å². The highest BCUT2D eigenvalue weighted by molar-refractivity contribution is 7.91. The molecule has 6 heteroatoms. The molecule has 1 heterocycles. The first-order valence-electron chi connectivity index (χ1n) is 5.42. The van der Waals surface area contributed by atoms with Gasteiger partial charge in [0, 0.05) is 25.7 Å². The van der Waals surface area contributed by atoms with E-state index < -0.39 is 15.8 Å². The van der Waals surface area contributed by atoms with Gasteiger partial charge in [0.15, 0.2) is 9.84 Å². The lowest BCUT2D eigenvalue weighted by atomic mass is 10.4. The molecule has 0 aromatic rings. The molecule has 0 radical (unpaired) electrons. The number of esters is 1. The number of sulfone groups is 1. The summed E-state index contributed by atoms with van der Waals surface area (Å²) in [4.78, 5) is 13.1.